The normalized spacial score (nSPS) is 20.5. The van der Waals surface area contributed by atoms with Gasteiger partial charge in [0.1, 0.15) is 0 Å². The average molecular weight is 644 g/mol. The summed E-state index contributed by atoms with van der Waals surface area (Å²) in [5, 5.41) is 0.708. The van der Waals surface area contributed by atoms with Crippen LogP contribution in [0.25, 0.3) is 0 Å². The Morgan fingerprint density at radius 2 is 0.650 bits per heavy atom. The monoisotopic (exact) mass is 644 g/mol. The maximum Gasteiger partial charge on any atom is 2.00 e. The van der Waals surface area contributed by atoms with E-state index >= 15 is 0 Å². The number of hydrogen-bond donors (Lipinski definition) is 0. The molecule has 0 saturated carbocycles. The van der Waals surface area contributed by atoms with Crippen molar-refractivity contribution in [3.63, 3.8) is 0 Å². The zero-order valence-corrected chi connectivity index (χ0v) is 25.8. The minimum Gasteiger partial charge on any atom is -0.795 e. The molecule has 1 fully saturated rings. The predicted molar refractivity (Wildman–Crippen MR) is 150 cm³/mol. The van der Waals surface area contributed by atoms with Crippen LogP contribution in [0.2, 0.25) is 0 Å². The Hall–Kier alpha value is -1.37. The van der Waals surface area contributed by atoms with Crippen LogP contribution in [0.4, 0.5) is 0 Å². The summed E-state index contributed by atoms with van der Waals surface area (Å²) in [4.78, 5) is 44.7. The Bertz CT molecular complexity index is 1180. The third-order valence-electron chi connectivity index (χ3n) is 6.80. The van der Waals surface area contributed by atoms with Crippen LogP contribution in [0, 0.1) is 0 Å². The molecule has 0 aromatic heterocycles. The van der Waals surface area contributed by atoms with Gasteiger partial charge < -0.3 is 28.4 Å². The molecule has 0 amide bonds. The van der Waals surface area contributed by atoms with Crippen molar-refractivity contribution < 1.29 is 45.4 Å². The molecule has 1 aliphatic rings. The van der Waals surface area contributed by atoms with Crippen LogP contribution in [0.15, 0.2) is 91.0 Å². The van der Waals surface area contributed by atoms with Crippen molar-refractivity contribution in [2.75, 3.05) is 58.1 Å². The largest absolute Gasteiger partial charge is 2.00 e. The van der Waals surface area contributed by atoms with Crippen molar-refractivity contribution >= 4 is 38.0 Å². The third-order valence-corrected chi connectivity index (χ3v) is 12.4. The number of benzene rings is 3. The van der Waals surface area contributed by atoms with E-state index in [-0.39, 0.29) is 51.8 Å². The molecule has 3 unspecified atom stereocenters. The first-order valence-electron chi connectivity index (χ1n) is 12.8. The Labute approximate surface area is 246 Å². The van der Waals surface area contributed by atoms with E-state index < -0.39 is 22.1 Å². The van der Waals surface area contributed by atoms with E-state index in [1.807, 2.05) is 0 Å². The molecular weight excluding hydrogens is 611 g/mol. The molecule has 3 atom stereocenters. The van der Waals surface area contributed by atoms with Crippen LogP contribution in [0.1, 0.15) is 0 Å². The first-order chi connectivity index (χ1) is 18.6. The van der Waals surface area contributed by atoms with Crippen LogP contribution in [-0.4, -0.2) is 72.8 Å². The first kappa shape index (κ1) is 33.1. The van der Waals surface area contributed by atoms with Crippen molar-refractivity contribution in [1.29, 1.82) is 0 Å². The summed E-state index contributed by atoms with van der Waals surface area (Å²) in [5.74, 6) is 0. The maximum absolute atomic E-state index is 13.1. The number of hydrogen-bond acceptors (Lipinski definition) is 9. The topological polar surface area (TPSA) is 130 Å². The molecule has 0 bridgehead atoms. The quantitative estimate of drug-likeness (QED) is 0.244. The standard InChI is InChI=1S/C27H36N3O6P3.Fe/c31-37(32,25-10-4-1-5-11-25)22-28-16-18-29(23-38(33,34)26-12-6-2-7-13-26)20-21-30(19-17-28)24-39(35,36)27-14-8-3-9-15-27;/h1-15H,16-24H2,(H,31,32)(H,33,34)(H,35,36);/q;+2/p-3. The molecule has 9 nitrogen and oxygen atoms in total. The van der Waals surface area contributed by atoms with Gasteiger partial charge in [0.05, 0.1) is 22.1 Å². The second-order valence-electron chi connectivity index (χ2n) is 9.81. The van der Waals surface area contributed by atoms with E-state index in [0.29, 0.717) is 39.3 Å². The Morgan fingerprint density at radius 3 is 0.850 bits per heavy atom. The van der Waals surface area contributed by atoms with Crippen molar-refractivity contribution in [3.8, 4) is 0 Å². The van der Waals surface area contributed by atoms with Gasteiger partial charge in [0, 0.05) is 58.1 Å². The molecule has 0 spiro atoms. The predicted octanol–water partition coefficient (Wildman–Crippen LogP) is 0.668. The molecule has 0 aliphatic carbocycles. The van der Waals surface area contributed by atoms with Crippen LogP contribution >= 0.6 is 22.1 Å². The van der Waals surface area contributed by atoms with E-state index in [0.717, 1.165) is 0 Å². The fourth-order valence-corrected chi connectivity index (χ4v) is 9.41. The van der Waals surface area contributed by atoms with E-state index in [1.54, 1.807) is 106 Å². The van der Waals surface area contributed by atoms with Gasteiger partial charge in [-0.05, 0) is 15.9 Å². The SMILES string of the molecule is O=P([O-])(CN1CCN(CP(=O)([O-])c2ccccc2)CCN(CP(=O)([O-])c2ccccc2)CC1)c1ccccc1.[Fe+2]. The van der Waals surface area contributed by atoms with Crippen molar-refractivity contribution in [2.45, 2.75) is 0 Å². The van der Waals surface area contributed by atoms with Crippen molar-refractivity contribution in [3.05, 3.63) is 91.0 Å². The van der Waals surface area contributed by atoms with Crippen molar-refractivity contribution in [1.82, 2.24) is 14.7 Å². The molecule has 13 heteroatoms. The van der Waals surface area contributed by atoms with Gasteiger partial charge in [-0.2, -0.15) is 0 Å². The summed E-state index contributed by atoms with van der Waals surface area (Å²) >= 11 is 0. The molecule has 1 heterocycles. The van der Waals surface area contributed by atoms with E-state index in [1.165, 1.54) is 0 Å². The summed E-state index contributed by atoms with van der Waals surface area (Å²) in [6.07, 6.45) is -0.666. The summed E-state index contributed by atoms with van der Waals surface area (Å²) in [5.41, 5.74) is 0. The molecule has 1 aliphatic heterocycles. The summed E-state index contributed by atoms with van der Waals surface area (Å²) in [7, 11) is -11.9. The van der Waals surface area contributed by atoms with Gasteiger partial charge >= 0.3 is 17.1 Å². The van der Waals surface area contributed by atoms with Crippen LogP contribution < -0.4 is 30.6 Å². The molecule has 0 N–H and O–H groups in total. The number of nitrogens with zero attached hydrogens (tertiary/aromatic N) is 3. The maximum atomic E-state index is 13.1. The molecule has 40 heavy (non-hydrogen) atoms. The van der Waals surface area contributed by atoms with Gasteiger partial charge in [-0.25, -0.2) is 0 Å². The van der Waals surface area contributed by atoms with Gasteiger partial charge in [-0.1, -0.05) is 91.0 Å². The first-order valence-corrected chi connectivity index (χ1v) is 18.2. The summed E-state index contributed by atoms with van der Waals surface area (Å²) in [6, 6.07) is 24.6. The van der Waals surface area contributed by atoms with E-state index in [9.17, 15) is 28.4 Å². The second kappa shape index (κ2) is 14.7. The van der Waals surface area contributed by atoms with Crippen LogP contribution in [0.5, 0.6) is 0 Å². The van der Waals surface area contributed by atoms with Gasteiger partial charge in [0.25, 0.3) is 0 Å². The molecule has 3 aromatic rings. The third kappa shape index (κ3) is 9.32. The molecule has 3 aromatic carbocycles. The minimum atomic E-state index is -3.97. The Kier molecular flexibility index (Phi) is 12.2. The average Bonchev–Trinajstić information content (AvgIpc) is 3.01. The minimum absolute atomic E-state index is 0. The molecular formula is C27H33FeN3O6P3-. The molecule has 1 saturated heterocycles. The zero-order valence-electron chi connectivity index (χ0n) is 22.0. The number of rotatable bonds is 9. The molecule has 4 rings (SSSR count). The van der Waals surface area contributed by atoms with Gasteiger partial charge in [0.15, 0.2) is 0 Å². The van der Waals surface area contributed by atoms with E-state index in [4.69, 9.17) is 0 Å². The summed E-state index contributed by atoms with van der Waals surface area (Å²) in [6.45, 7) is 1.97. The van der Waals surface area contributed by atoms with Gasteiger partial charge in [-0.3, -0.25) is 14.7 Å². The van der Waals surface area contributed by atoms with Gasteiger partial charge in [0.2, 0.25) is 0 Å². The Balaban J connectivity index is 0.00000441. The van der Waals surface area contributed by atoms with Gasteiger partial charge in [-0.15, -0.1) is 0 Å². The second-order valence-corrected chi connectivity index (χ2v) is 16.2. The zero-order chi connectivity index (χ0) is 27.9. The fourth-order valence-electron chi connectivity index (χ4n) is 4.61. The fraction of sp³-hybridized carbons (Fsp3) is 0.333. The summed E-state index contributed by atoms with van der Waals surface area (Å²) < 4.78 is 39.4. The molecule has 216 valence electrons. The van der Waals surface area contributed by atoms with Crippen LogP contribution in [0.3, 0.4) is 0 Å². The van der Waals surface area contributed by atoms with Crippen LogP contribution in [-0.2, 0) is 30.8 Å². The smallest absolute Gasteiger partial charge is 0.795 e. The molecule has 0 radical (unpaired) electrons. The van der Waals surface area contributed by atoms with Crippen molar-refractivity contribution in [2.24, 2.45) is 0 Å². The Morgan fingerprint density at radius 1 is 0.450 bits per heavy atom. The van der Waals surface area contributed by atoms with E-state index in [2.05, 4.69) is 0 Å².